The first-order chi connectivity index (χ1) is 10.4. The molecule has 6 heteroatoms. The number of nitrogens with zero attached hydrogens (tertiary/aromatic N) is 2. The molecule has 0 radical (unpaired) electrons. The number of rotatable bonds is 4. The second-order valence-corrected chi connectivity index (χ2v) is 6.25. The van der Waals surface area contributed by atoms with Gasteiger partial charge in [-0.3, -0.25) is 4.99 Å². The van der Waals surface area contributed by atoms with E-state index in [0.717, 1.165) is 23.6 Å². The maximum absolute atomic E-state index is 5.97. The first-order valence-corrected chi connectivity index (χ1v) is 7.52. The van der Waals surface area contributed by atoms with Crippen molar-refractivity contribution in [2.24, 2.45) is 10.7 Å². The van der Waals surface area contributed by atoms with E-state index in [-0.39, 0.29) is 5.54 Å². The average Bonchev–Trinajstić information content (AvgIpc) is 2.70. The lowest BCUT2D eigenvalue weighted by Gasteiger charge is -2.30. The van der Waals surface area contributed by atoms with Crippen LogP contribution in [-0.4, -0.2) is 50.3 Å². The first kappa shape index (κ1) is 16.4. The fourth-order valence-corrected chi connectivity index (χ4v) is 1.85. The zero-order valence-corrected chi connectivity index (χ0v) is 13.8. The van der Waals surface area contributed by atoms with E-state index >= 15 is 0 Å². The van der Waals surface area contributed by atoms with Gasteiger partial charge in [0.1, 0.15) is 0 Å². The van der Waals surface area contributed by atoms with Crippen molar-refractivity contribution in [2.75, 3.05) is 39.2 Å². The lowest BCUT2D eigenvalue weighted by Crippen LogP contribution is -2.41. The Kier molecular flexibility index (Phi) is 5.13. The van der Waals surface area contributed by atoms with Crippen molar-refractivity contribution in [3.05, 3.63) is 18.2 Å². The van der Waals surface area contributed by atoms with Gasteiger partial charge in [-0.1, -0.05) is 0 Å². The molecule has 0 saturated carbocycles. The molecule has 0 aliphatic carbocycles. The van der Waals surface area contributed by atoms with E-state index in [1.165, 1.54) is 0 Å². The summed E-state index contributed by atoms with van der Waals surface area (Å²) >= 11 is 0. The zero-order valence-electron chi connectivity index (χ0n) is 13.8. The standard InChI is InChI=1S/C16H26N4O2/c1-16(2,20(3)4)11-18-15(17)19-12-6-7-13-14(10-12)22-9-5-8-21-13/h6-7,10H,5,8-9,11H2,1-4H3,(H3,17,18,19). The number of ether oxygens (including phenoxy) is 2. The van der Waals surface area contributed by atoms with Crippen LogP contribution in [0.2, 0.25) is 0 Å². The highest BCUT2D eigenvalue weighted by atomic mass is 16.5. The van der Waals surface area contributed by atoms with Gasteiger partial charge in [0.15, 0.2) is 17.5 Å². The maximum atomic E-state index is 5.97. The van der Waals surface area contributed by atoms with Crippen LogP contribution in [0.15, 0.2) is 23.2 Å². The monoisotopic (exact) mass is 306 g/mol. The van der Waals surface area contributed by atoms with Crippen molar-refractivity contribution in [2.45, 2.75) is 25.8 Å². The third-order valence-electron chi connectivity index (χ3n) is 3.87. The average molecular weight is 306 g/mol. The second kappa shape index (κ2) is 6.87. The molecule has 1 aromatic rings. The summed E-state index contributed by atoms with van der Waals surface area (Å²) in [6.07, 6.45) is 0.890. The van der Waals surface area contributed by atoms with Crippen LogP contribution in [0.25, 0.3) is 0 Å². The summed E-state index contributed by atoms with van der Waals surface area (Å²) in [6.45, 7) is 6.21. The van der Waals surface area contributed by atoms with Crippen LogP contribution in [0.3, 0.4) is 0 Å². The number of nitrogens with one attached hydrogen (secondary N) is 1. The predicted octanol–water partition coefficient (Wildman–Crippen LogP) is 1.91. The fourth-order valence-electron chi connectivity index (χ4n) is 1.85. The van der Waals surface area contributed by atoms with Crippen LogP contribution in [0.5, 0.6) is 11.5 Å². The molecule has 1 aliphatic heterocycles. The van der Waals surface area contributed by atoms with Gasteiger partial charge < -0.3 is 25.4 Å². The number of anilines is 1. The summed E-state index contributed by atoms with van der Waals surface area (Å²) < 4.78 is 11.3. The van der Waals surface area contributed by atoms with Gasteiger partial charge in [0.05, 0.1) is 19.8 Å². The van der Waals surface area contributed by atoms with Gasteiger partial charge in [-0.05, 0) is 40.1 Å². The lowest BCUT2D eigenvalue weighted by atomic mass is 10.1. The molecule has 0 atom stereocenters. The molecule has 0 aromatic heterocycles. The fraction of sp³-hybridized carbons (Fsp3) is 0.562. The zero-order chi connectivity index (χ0) is 16.2. The van der Waals surface area contributed by atoms with Crippen LogP contribution < -0.4 is 20.5 Å². The lowest BCUT2D eigenvalue weighted by molar-refractivity contribution is 0.205. The minimum Gasteiger partial charge on any atom is -0.490 e. The third-order valence-corrected chi connectivity index (χ3v) is 3.87. The number of hydrogen-bond donors (Lipinski definition) is 2. The van der Waals surface area contributed by atoms with Crippen molar-refractivity contribution >= 4 is 11.6 Å². The van der Waals surface area contributed by atoms with E-state index < -0.39 is 0 Å². The highest BCUT2D eigenvalue weighted by Gasteiger charge is 2.19. The smallest absolute Gasteiger partial charge is 0.193 e. The van der Waals surface area contributed by atoms with Gasteiger partial charge in [-0.25, -0.2) is 0 Å². The Labute approximate surface area is 132 Å². The number of nitrogens with two attached hydrogens (primary N) is 1. The van der Waals surface area contributed by atoms with Gasteiger partial charge >= 0.3 is 0 Å². The number of hydrogen-bond acceptors (Lipinski definition) is 4. The molecule has 0 saturated heterocycles. The maximum Gasteiger partial charge on any atom is 0.193 e. The summed E-state index contributed by atoms with van der Waals surface area (Å²) in [6, 6.07) is 5.69. The Morgan fingerprint density at radius 3 is 2.64 bits per heavy atom. The van der Waals surface area contributed by atoms with Crippen molar-refractivity contribution in [1.82, 2.24) is 4.90 Å². The Hall–Kier alpha value is -1.95. The van der Waals surface area contributed by atoms with Crippen molar-refractivity contribution in [3.63, 3.8) is 0 Å². The highest BCUT2D eigenvalue weighted by molar-refractivity contribution is 5.92. The molecule has 22 heavy (non-hydrogen) atoms. The van der Waals surface area contributed by atoms with Crippen LogP contribution in [0, 0.1) is 0 Å². The molecule has 0 amide bonds. The highest BCUT2D eigenvalue weighted by Crippen LogP contribution is 2.32. The summed E-state index contributed by atoms with van der Waals surface area (Å²) in [5.74, 6) is 1.90. The molecular formula is C16H26N4O2. The van der Waals surface area contributed by atoms with Crippen LogP contribution >= 0.6 is 0 Å². The molecule has 1 heterocycles. The molecule has 2 rings (SSSR count). The van der Waals surface area contributed by atoms with Gasteiger partial charge in [0, 0.05) is 23.7 Å². The molecular weight excluding hydrogens is 280 g/mol. The van der Waals surface area contributed by atoms with Gasteiger partial charge in [-0.2, -0.15) is 0 Å². The normalized spacial score (nSPS) is 15.6. The number of likely N-dealkylation sites (N-methyl/N-ethyl adjacent to an activating group) is 1. The van der Waals surface area contributed by atoms with E-state index in [1.807, 2.05) is 32.3 Å². The van der Waals surface area contributed by atoms with Gasteiger partial charge in [-0.15, -0.1) is 0 Å². The number of guanidine groups is 1. The molecule has 0 unspecified atom stereocenters. The minimum atomic E-state index is -0.0446. The Morgan fingerprint density at radius 2 is 1.95 bits per heavy atom. The molecule has 0 fully saturated rings. The molecule has 1 aliphatic rings. The molecule has 0 spiro atoms. The number of aliphatic imine (C=N–C) groups is 1. The second-order valence-electron chi connectivity index (χ2n) is 6.25. The van der Waals surface area contributed by atoms with Crippen LogP contribution in [0.1, 0.15) is 20.3 Å². The number of fused-ring (bicyclic) bond motifs is 1. The third kappa shape index (κ3) is 4.27. The first-order valence-electron chi connectivity index (χ1n) is 7.52. The van der Waals surface area contributed by atoms with E-state index in [0.29, 0.717) is 25.7 Å². The predicted molar refractivity (Wildman–Crippen MR) is 89.9 cm³/mol. The van der Waals surface area contributed by atoms with E-state index in [4.69, 9.17) is 15.2 Å². The number of benzene rings is 1. The Balaban J connectivity index is 2.02. The molecule has 6 nitrogen and oxygen atoms in total. The van der Waals surface area contributed by atoms with Gasteiger partial charge in [0.25, 0.3) is 0 Å². The Bertz CT molecular complexity index is 541. The topological polar surface area (TPSA) is 72.1 Å². The van der Waals surface area contributed by atoms with Crippen molar-refractivity contribution < 1.29 is 9.47 Å². The van der Waals surface area contributed by atoms with E-state index in [9.17, 15) is 0 Å². The molecule has 1 aromatic carbocycles. The Morgan fingerprint density at radius 1 is 1.27 bits per heavy atom. The molecule has 122 valence electrons. The summed E-state index contributed by atoms with van der Waals surface area (Å²) in [5.41, 5.74) is 6.76. The van der Waals surface area contributed by atoms with Crippen LogP contribution in [-0.2, 0) is 0 Å². The van der Waals surface area contributed by atoms with Crippen molar-refractivity contribution in [1.29, 1.82) is 0 Å². The largest absolute Gasteiger partial charge is 0.490 e. The van der Waals surface area contributed by atoms with E-state index in [2.05, 4.69) is 29.1 Å². The minimum absolute atomic E-state index is 0.0446. The van der Waals surface area contributed by atoms with Gasteiger partial charge in [0.2, 0.25) is 0 Å². The summed E-state index contributed by atoms with van der Waals surface area (Å²) in [7, 11) is 4.06. The molecule has 3 N–H and O–H groups in total. The SMILES string of the molecule is CN(C)C(C)(C)CN=C(N)Nc1ccc2c(c1)OCCCO2. The van der Waals surface area contributed by atoms with E-state index in [1.54, 1.807) is 0 Å². The van der Waals surface area contributed by atoms with Crippen LogP contribution in [0.4, 0.5) is 5.69 Å². The summed E-state index contributed by atoms with van der Waals surface area (Å²) in [4.78, 5) is 6.53. The quantitative estimate of drug-likeness (QED) is 0.657. The van der Waals surface area contributed by atoms with Crippen molar-refractivity contribution in [3.8, 4) is 11.5 Å². The molecule has 0 bridgehead atoms. The summed E-state index contributed by atoms with van der Waals surface area (Å²) in [5, 5.41) is 3.10.